The summed E-state index contributed by atoms with van der Waals surface area (Å²) in [4.78, 5) is 77.1. The highest BCUT2D eigenvalue weighted by Gasteiger charge is 2.43. The average Bonchev–Trinajstić information content (AvgIpc) is 3.99. The molecule has 2 atom stereocenters. The van der Waals surface area contributed by atoms with Gasteiger partial charge in [0.25, 0.3) is 17.7 Å². The van der Waals surface area contributed by atoms with E-state index in [-0.39, 0.29) is 62.2 Å². The molecule has 8 rings (SSSR count). The summed E-state index contributed by atoms with van der Waals surface area (Å²) < 4.78 is 15.0. The summed E-state index contributed by atoms with van der Waals surface area (Å²) in [6, 6.07) is 14.6. The third kappa shape index (κ3) is 9.10. The van der Waals surface area contributed by atoms with Crippen molar-refractivity contribution in [1.82, 2.24) is 34.0 Å². The lowest BCUT2D eigenvalue weighted by Crippen LogP contribution is -2.55. The van der Waals surface area contributed by atoms with Crippen LogP contribution < -0.4 is 5.32 Å². The Morgan fingerprint density at radius 1 is 1.00 bits per heavy atom. The van der Waals surface area contributed by atoms with Gasteiger partial charge in [0.1, 0.15) is 30.7 Å². The Hall–Kier alpha value is -6.15. The predicted molar refractivity (Wildman–Crippen MR) is 245 cm³/mol. The first-order valence-electron chi connectivity index (χ1n) is 21.9. The van der Waals surface area contributed by atoms with E-state index >= 15 is 0 Å². The van der Waals surface area contributed by atoms with E-state index in [9.17, 15) is 24.0 Å². The number of ether oxygens (including phenoxy) is 2. The number of likely N-dealkylation sites (tertiary alicyclic amines) is 2. The van der Waals surface area contributed by atoms with Gasteiger partial charge in [-0.05, 0) is 102 Å². The Labute approximate surface area is 374 Å². The second-order valence-corrected chi connectivity index (χ2v) is 24.8. The molecular weight excluding hydrogens is 829 g/mol. The summed E-state index contributed by atoms with van der Waals surface area (Å²) in [5.41, 5.74) is 4.47. The molecule has 0 radical (unpaired) electrons. The minimum absolute atomic E-state index is 0.0417. The molecule has 5 aromatic rings. The molecule has 15 nitrogen and oxygen atoms in total. The van der Waals surface area contributed by atoms with Crippen LogP contribution in [0, 0.1) is 18.8 Å². The zero-order valence-corrected chi connectivity index (χ0v) is 38.9. The molecule has 0 bridgehead atoms. The molecule has 0 spiro atoms. The fraction of sp³-hybridized carbons (Fsp3) is 0.438. The molecule has 1 N–H and O–H groups in total. The predicted octanol–water partition coefficient (Wildman–Crippen LogP) is 7.33. The number of nitrogens with zero attached hydrogens (tertiary/aromatic N) is 7. The number of aromatic nitrogens is 4. The quantitative estimate of drug-likeness (QED) is 0.0651. The Bertz CT molecular complexity index is 2770. The van der Waals surface area contributed by atoms with Gasteiger partial charge < -0.3 is 19.7 Å². The van der Waals surface area contributed by atoms with Gasteiger partial charge in [-0.25, -0.2) is 14.3 Å². The summed E-state index contributed by atoms with van der Waals surface area (Å²) in [5.74, 6) is 5.38. The second kappa shape index (κ2) is 17.4. The van der Waals surface area contributed by atoms with Crippen molar-refractivity contribution in [2.24, 2.45) is 0 Å². The van der Waals surface area contributed by atoms with Gasteiger partial charge in [-0.2, -0.15) is 5.10 Å². The van der Waals surface area contributed by atoms with Gasteiger partial charge >= 0.3 is 6.09 Å². The second-order valence-electron chi connectivity index (χ2n) is 19.2. The minimum Gasteiger partial charge on any atom is -0.443 e. The number of rotatable bonds is 10. The number of imide groups is 1. The molecular formula is C48H56N8O7Si. The van der Waals surface area contributed by atoms with Crippen LogP contribution in [0.2, 0.25) is 25.7 Å². The van der Waals surface area contributed by atoms with Crippen LogP contribution in [0.15, 0.2) is 54.7 Å². The van der Waals surface area contributed by atoms with E-state index < -0.39 is 31.7 Å². The number of benzene rings is 2. The maximum atomic E-state index is 13.8. The van der Waals surface area contributed by atoms with Crippen molar-refractivity contribution in [1.29, 1.82) is 0 Å². The van der Waals surface area contributed by atoms with E-state index in [4.69, 9.17) is 14.6 Å². The molecule has 0 aliphatic carbocycles. The lowest BCUT2D eigenvalue weighted by Gasteiger charge is -2.35. The first-order valence-corrected chi connectivity index (χ1v) is 25.6. The molecule has 3 aromatic heterocycles. The number of pyridine rings is 1. The molecule has 6 heterocycles. The Morgan fingerprint density at radius 2 is 1.80 bits per heavy atom. The van der Waals surface area contributed by atoms with Crippen LogP contribution in [-0.4, -0.2) is 110 Å². The normalized spacial score (nSPS) is 18.2. The highest BCUT2D eigenvalue weighted by molar-refractivity contribution is 6.76. The largest absolute Gasteiger partial charge is 0.443 e. The summed E-state index contributed by atoms with van der Waals surface area (Å²) in [6.07, 6.45) is 3.52. The molecule has 2 fully saturated rings. The minimum atomic E-state index is -1.35. The van der Waals surface area contributed by atoms with E-state index in [1.54, 1.807) is 50.7 Å². The van der Waals surface area contributed by atoms with Gasteiger partial charge in [0.15, 0.2) is 0 Å². The SMILES string of the molecule is Cc1nn(CC#Cc2cccc3c2CN(C2CCC(=O)N(COCC[Si](C)(C)C)C2=O)C3=O)c2cc(C(=O)Nc3cc4c(cn3)cc([C@H]3CCCN3C)n4C(=O)OC(C)(C)C)ccc12. The molecule has 1 unspecified atom stereocenters. The zero-order chi connectivity index (χ0) is 45.7. The topological polar surface area (TPSA) is 161 Å². The van der Waals surface area contributed by atoms with Gasteiger partial charge in [0.05, 0.1) is 22.8 Å². The third-order valence-electron chi connectivity index (χ3n) is 12.1. The van der Waals surface area contributed by atoms with Crippen LogP contribution in [-0.2, 0) is 32.2 Å². The van der Waals surface area contributed by atoms with Crippen LogP contribution >= 0.6 is 0 Å². The highest BCUT2D eigenvalue weighted by atomic mass is 28.3. The van der Waals surface area contributed by atoms with E-state index in [0.717, 1.165) is 58.1 Å². The maximum absolute atomic E-state index is 13.8. The fourth-order valence-electron chi connectivity index (χ4n) is 8.74. The van der Waals surface area contributed by atoms with E-state index in [0.29, 0.717) is 34.3 Å². The summed E-state index contributed by atoms with van der Waals surface area (Å²) in [6.45, 7) is 15.8. The molecule has 334 valence electrons. The Balaban J connectivity index is 0.984. The number of carbonyl (C=O) groups excluding carboxylic acids is 5. The van der Waals surface area contributed by atoms with Crippen LogP contribution in [0.1, 0.15) is 95.7 Å². The number of anilines is 1. The van der Waals surface area contributed by atoms with Crippen LogP contribution in [0.3, 0.4) is 0 Å². The Kier molecular flexibility index (Phi) is 12.1. The van der Waals surface area contributed by atoms with Crippen LogP contribution in [0.25, 0.3) is 21.8 Å². The average molecular weight is 885 g/mol. The third-order valence-corrected chi connectivity index (χ3v) is 13.8. The van der Waals surface area contributed by atoms with Crippen LogP contribution in [0.4, 0.5) is 10.6 Å². The number of piperidine rings is 1. The summed E-state index contributed by atoms with van der Waals surface area (Å²) in [7, 11) is 0.699. The number of fused-ring (bicyclic) bond motifs is 3. The van der Waals surface area contributed by atoms with Crippen molar-refractivity contribution in [3.8, 4) is 11.8 Å². The highest BCUT2D eigenvalue weighted by Crippen LogP contribution is 2.36. The van der Waals surface area contributed by atoms with E-state index in [2.05, 4.69) is 53.7 Å². The van der Waals surface area contributed by atoms with Crippen LogP contribution in [0.5, 0.6) is 0 Å². The van der Waals surface area contributed by atoms with Crippen molar-refractivity contribution in [2.75, 3.05) is 32.2 Å². The van der Waals surface area contributed by atoms with Crippen molar-refractivity contribution in [3.05, 3.63) is 88.4 Å². The Morgan fingerprint density at radius 3 is 2.53 bits per heavy atom. The number of aryl methyl sites for hydroxylation is 1. The van der Waals surface area contributed by atoms with Gasteiger partial charge in [-0.15, -0.1) is 0 Å². The molecule has 4 amide bonds. The standard InChI is InChI=1S/C48H56N8O7Si/c1-30-34-17-16-32(44(58)50-42-26-39-33(27-49-42)25-41(37-15-11-20-52(37)5)56(39)47(61)63-48(2,3)4)24-40(34)55(51-30)21-10-13-31-12-9-14-35-36(31)28-53(45(35)59)38-18-19-43(57)54(46(38)60)29-62-22-23-64(6,7)8/h9,12,14,16-17,24-27,37-38H,11,15,18-23,28-29H2,1-8H3,(H,49,50,58)/t37-,38?/m1/s1. The molecule has 2 aromatic carbocycles. The van der Waals surface area contributed by atoms with E-state index in [1.165, 1.54) is 0 Å². The smallest absolute Gasteiger partial charge is 0.419 e. The van der Waals surface area contributed by atoms with Gasteiger partial charge in [0, 0.05) is 73.1 Å². The number of carbonyl (C=O) groups is 5. The van der Waals surface area contributed by atoms with Gasteiger partial charge in [-0.1, -0.05) is 43.6 Å². The van der Waals surface area contributed by atoms with Crippen molar-refractivity contribution < 1.29 is 33.4 Å². The molecule has 0 saturated carbocycles. The lowest BCUT2D eigenvalue weighted by molar-refractivity contribution is -0.158. The molecule has 64 heavy (non-hydrogen) atoms. The summed E-state index contributed by atoms with van der Waals surface area (Å²) in [5, 5.41) is 9.29. The molecule has 2 saturated heterocycles. The fourth-order valence-corrected chi connectivity index (χ4v) is 9.49. The summed E-state index contributed by atoms with van der Waals surface area (Å²) >= 11 is 0. The number of hydrogen-bond donors (Lipinski definition) is 1. The van der Waals surface area contributed by atoms with Crippen molar-refractivity contribution in [3.63, 3.8) is 0 Å². The van der Waals surface area contributed by atoms with Crippen molar-refractivity contribution >= 4 is 65.4 Å². The van der Waals surface area contributed by atoms with Gasteiger partial charge in [-0.3, -0.25) is 33.7 Å². The zero-order valence-electron chi connectivity index (χ0n) is 37.9. The number of hydrogen-bond acceptors (Lipinski definition) is 10. The first-order chi connectivity index (χ1) is 30.4. The lowest BCUT2D eigenvalue weighted by atomic mass is 10.0. The maximum Gasteiger partial charge on any atom is 0.419 e. The monoisotopic (exact) mass is 884 g/mol. The molecule has 3 aliphatic rings. The van der Waals surface area contributed by atoms with Gasteiger partial charge in [0.2, 0.25) is 5.91 Å². The van der Waals surface area contributed by atoms with E-state index in [1.807, 2.05) is 45.9 Å². The first kappa shape index (κ1) is 44.5. The number of amides is 4. The van der Waals surface area contributed by atoms with Crippen molar-refractivity contribution in [2.45, 2.75) is 110 Å². The number of nitrogens with one attached hydrogen (secondary N) is 1. The molecule has 16 heteroatoms. The molecule has 3 aliphatic heterocycles.